The summed E-state index contributed by atoms with van der Waals surface area (Å²) in [6, 6.07) is 10.9. The van der Waals surface area contributed by atoms with Crippen molar-refractivity contribution in [2.24, 2.45) is 0 Å². The smallest absolute Gasteiger partial charge is 0.338 e. The molecule has 2 aromatic rings. The first-order valence-corrected chi connectivity index (χ1v) is 9.49. The number of nitrogens with one attached hydrogen (secondary N) is 1. The fraction of sp³-hybridized carbons (Fsp3) is 0.429. The summed E-state index contributed by atoms with van der Waals surface area (Å²) >= 11 is 0. The largest absolute Gasteiger partial charge is 0.449 e. The van der Waals surface area contributed by atoms with Crippen LogP contribution in [0.2, 0.25) is 0 Å². The lowest BCUT2D eigenvalue weighted by Crippen LogP contribution is -2.52. The standard InChI is InChI=1S/C21H24N4O3/c1-15-10-13-23-25(15)18-8-6-17(7-9-18)20(27)28-16(2)19(26)24-21(14-22)11-4-3-5-12-21/h6-10,13,16H,3-5,11-12H2,1-2H3,(H,24,26)/t16-/m1/s1. The molecule has 0 aliphatic heterocycles. The van der Waals surface area contributed by atoms with Crippen LogP contribution < -0.4 is 5.32 Å². The molecule has 1 heterocycles. The molecular weight excluding hydrogens is 356 g/mol. The maximum atomic E-state index is 12.4. The molecule has 146 valence electrons. The molecule has 1 amide bonds. The third-order valence-electron chi connectivity index (χ3n) is 5.12. The summed E-state index contributed by atoms with van der Waals surface area (Å²) in [4.78, 5) is 24.8. The Kier molecular flexibility index (Phi) is 5.78. The van der Waals surface area contributed by atoms with E-state index in [-0.39, 0.29) is 0 Å². The van der Waals surface area contributed by atoms with Crippen LogP contribution in [0.3, 0.4) is 0 Å². The quantitative estimate of drug-likeness (QED) is 0.804. The van der Waals surface area contributed by atoms with E-state index in [1.807, 2.05) is 13.0 Å². The van der Waals surface area contributed by atoms with Crippen LogP contribution in [0.15, 0.2) is 36.5 Å². The van der Waals surface area contributed by atoms with E-state index in [2.05, 4.69) is 16.5 Å². The van der Waals surface area contributed by atoms with Gasteiger partial charge >= 0.3 is 5.97 Å². The number of amides is 1. The van der Waals surface area contributed by atoms with E-state index in [1.165, 1.54) is 6.92 Å². The summed E-state index contributed by atoms with van der Waals surface area (Å²) in [5.41, 5.74) is 1.31. The van der Waals surface area contributed by atoms with Gasteiger partial charge in [0.25, 0.3) is 5.91 Å². The average Bonchev–Trinajstić information content (AvgIpc) is 3.14. The van der Waals surface area contributed by atoms with Crippen molar-refractivity contribution in [1.82, 2.24) is 15.1 Å². The lowest BCUT2D eigenvalue weighted by atomic mass is 9.83. The third-order valence-corrected chi connectivity index (χ3v) is 5.12. The zero-order valence-electron chi connectivity index (χ0n) is 16.1. The molecule has 0 radical (unpaired) electrons. The Bertz CT molecular complexity index is 889. The zero-order valence-corrected chi connectivity index (χ0v) is 16.1. The number of nitriles is 1. The second-order valence-corrected chi connectivity index (χ2v) is 7.22. The summed E-state index contributed by atoms with van der Waals surface area (Å²) < 4.78 is 7.06. The Balaban J connectivity index is 1.61. The van der Waals surface area contributed by atoms with Gasteiger partial charge in [0.2, 0.25) is 0 Å². The fourth-order valence-electron chi connectivity index (χ4n) is 3.42. The summed E-state index contributed by atoms with van der Waals surface area (Å²) in [6.45, 7) is 3.46. The molecule has 1 aromatic carbocycles. The number of aromatic nitrogens is 2. The van der Waals surface area contributed by atoms with Gasteiger partial charge in [-0.15, -0.1) is 0 Å². The topological polar surface area (TPSA) is 97.0 Å². The van der Waals surface area contributed by atoms with Gasteiger partial charge in [-0.3, -0.25) is 4.79 Å². The first kappa shape index (κ1) is 19.6. The van der Waals surface area contributed by atoms with Gasteiger partial charge in [0.1, 0.15) is 5.54 Å². The Morgan fingerprint density at radius 1 is 1.21 bits per heavy atom. The number of carbonyl (C=O) groups is 2. The maximum absolute atomic E-state index is 12.4. The fourth-order valence-corrected chi connectivity index (χ4v) is 3.42. The number of rotatable bonds is 5. The molecule has 1 aliphatic rings. The van der Waals surface area contributed by atoms with E-state index in [0.29, 0.717) is 18.4 Å². The van der Waals surface area contributed by atoms with Gasteiger partial charge in [-0.2, -0.15) is 10.4 Å². The summed E-state index contributed by atoms with van der Waals surface area (Å²) in [6.07, 6.45) is 4.87. The minimum Gasteiger partial charge on any atom is -0.449 e. The van der Waals surface area contributed by atoms with Gasteiger partial charge in [-0.05, 0) is 57.0 Å². The van der Waals surface area contributed by atoms with Crippen molar-refractivity contribution in [3.05, 3.63) is 47.8 Å². The number of hydrogen-bond donors (Lipinski definition) is 1. The molecule has 1 fully saturated rings. The van der Waals surface area contributed by atoms with Crippen molar-refractivity contribution >= 4 is 11.9 Å². The van der Waals surface area contributed by atoms with Gasteiger partial charge in [-0.1, -0.05) is 19.3 Å². The van der Waals surface area contributed by atoms with Crippen LogP contribution in [0.1, 0.15) is 55.1 Å². The number of esters is 1. The molecule has 0 unspecified atom stereocenters. The second-order valence-electron chi connectivity index (χ2n) is 7.22. The maximum Gasteiger partial charge on any atom is 0.338 e. The highest BCUT2D eigenvalue weighted by Crippen LogP contribution is 2.27. The number of ether oxygens (including phenoxy) is 1. The summed E-state index contributed by atoms with van der Waals surface area (Å²) in [5, 5.41) is 16.5. The van der Waals surface area contributed by atoms with Crippen molar-refractivity contribution in [1.29, 1.82) is 5.26 Å². The Labute approximate surface area is 164 Å². The SMILES string of the molecule is Cc1ccnn1-c1ccc(C(=O)O[C@H](C)C(=O)NC2(C#N)CCCCC2)cc1. The van der Waals surface area contributed by atoms with Crippen LogP contribution in [0.25, 0.3) is 5.69 Å². The molecule has 1 N–H and O–H groups in total. The van der Waals surface area contributed by atoms with Crippen molar-refractivity contribution in [3.8, 4) is 11.8 Å². The lowest BCUT2D eigenvalue weighted by Gasteiger charge is -2.32. The van der Waals surface area contributed by atoms with Crippen LogP contribution in [0.5, 0.6) is 0 Å². The van der Waals surface area contributed by atoms with Crippen molar-refractivity contribution < 1.29 is 14.3 Å². The van der Waals surface area contributed by atoms with E-state index < -0.39 is 23.5 Å². The van der Waals surface area contributed by atoms with Crippen LogP contribution in [-0.2, 0) is 9.53 Å². The highest BCUT2D eigenvalue weighted by atomic mass is 16.5. The van der Waals surface area contributed by atoms with E-state index in [1.54, 1.807) is 35.1 Å². The lowest BCUT2D eigenvalue weighted by molar-refractivity contribution is -0.130. The minimum absolute atomic E-state index is 0.348. The number of hydrogen-bond acceptors (Lipinski definition) is 5. The molecule has 28 heavy (non-hydrogen) atoms. The Morgan fingerprint density at radius 3 is 2.46 bits per heavy atom. The molecular formula is C21H24N4O3. The Morgan fingerprint density at radius 2 is 1.89 bits per heavy atom. The second kappa shape index (κ2) is 8.26. The highest BCUT2D eigenvalue weighted by molar-refractivity contribution is 5.92. The molecule has 1 atom stereocenters. The third kappa shape index (κ3) is 4.22. The van der Waals surface area contributed by atoms with Crippen molar-refractivity contribution in [2.75, 3.05) is 0 Å². The summed E-state index contributed by atoms with van der Waals surface area (Å²) in [5.74, 6) is -1.03. The van der Waals surface area contributed by atoms with E-state index >= 15 is 0 Å². The molecule has 0 bridgehead atoms. The van der Waals surface area contributed by atoms with Crippen LogP contribution in [0.4, 0.5) is 0 Å². The van der Waals surface area contributed by atoms with Crippen molar-refractivity contribution in [3.63, 3.8) is 0 Å². The molecule has 1 aliphatic carbocycles. The number of benzene rings is 1. The normalized spacial score (nSPS) is 16.6. The van der Waals surface area contributed by atoms with E-state index in [0.717, 1.165) is 30.6 Å². The predicted molar refractivity (Wildman–Crippen MR) is 103 cm³/mol. The van der Waals surface area contributed by atoms with Gasteiger partial charge in [0, 0.05) is 11.9 Å². The zero-order chi connectivity index (χ0) is 20.1. The van der Waals surface area contributed by atoms with Crippen molar-refractivity contribution in [2.45, 2.75) is 57.6 Å². The van der Waals surface area contributed by atoms with E-state index in [9.17, 15) is 14.9 Å². The minimum atomic E-state index is -0.979. The van der Waals surface area contributed by atoms with Crippen LogP contribution >= 0.6 is 0 Å². The monoisotopic (exact) mass is 380 g/mol. The molecule has 3 rings (SSSR count). The van der Waals surface area contributed by atoms with Gasteiger partial charge < -0.3 is 10.1 Å². The van der Waals surface area contributed by atoms with Crippen LogP contribution in [0, 0.1) is 18.3 Å². The first-order chi connectivity index (χ1) is 13.4. The van der Waals surface area contributed by atoms with Gasteiger partial charge in [-0.25, -0.2) is 9.48 Å². The first-order valence-electron chi connectivity index (χ1n) is 9.49. The Hall–Kier alpha value is -3.14. The highest BCUT2D eigenvalue weighted by Gasteiger charge is 2.35. The number of nitrogens with zero attached hydrogens (tertiary/aromatic N) is 3. The van der Waals surface area contributed by atoms with Gasteiger partial charge in [0.05, 0.1) is 17.3 Å². The molecule has 1 aromatic heterocycles. The number of carbonyl (C=O) groups excluding carboxylic acids is 2. The molecule has 7 nitrogen and oxygen atoms in total. The van der Waals surface area contributed by atoms with Crippen LogP contribution in [-0.4, -0.2) is 33.3 Å². The molecule has 7 heteroatoms. The van der Waals surface area contributed by atoms with E-state index in [4.69, 9.17) is 4.74 Å². The molecule has 1 saturated carbocycles. The molecule has 0 saturated heterocycles. The predicted octanol–water partition coefficient (Wildman–Crippen LogP) is 3.07. The summed E-state index contributed by atoms with van der Waals surface area (Å²) in [7, 11) is 0. The van der Waals surface area contributed by atoms with Gasteiger partial charge in [0.15, 0.2) is 6.10 Å². The average molecular weight is 380 g/mol. The number of aryl methyl sites for hydroxylation is 1. The molecule has 0 spiro atoms.